The first-order valence-corrected chi connectivity index (χ1v) is 7.89. The van der Waals surface area contributed by atoms with Crippen LogP contribution in [-0.4, -0.2) is 5.88 Å². The Bertz CT molecular complexity index is 294. The molecule has 1 aromatic carbocycles. The molecular formula is C15H22BrCl. The fourth-order valence-corrected chi connectivity index (χ4v) is 2.58. The third-order valence-electron chi connectivity index (χ3n) is 3.12. The summed E-state index contributed by atoms with van der Waals surface area (Å²) in [5, 5.41) is 0. The van der Waals surface area contributed by atoms with Crippen molar-refractivity contribution in [2.75, 3.05) is 5.88 Å². The van der Waals surface area contributed by atoms with Crippen molar-refractivity contribution in [1.29, 1.82) is 0 Å². The first-order valence-electron chi connectivity index (χ1n) is 6.56. The molecular weight excluding hydrogens is 296 g/mol. The van der Waals surface area contributed by atoms with E-state index in [9.17, 15) is 0 Å². The second kappa shape index (κ2) is 8.99. The predicted octanol–water partition coefficient (Wildman–Crippen LogP) is 5.82. The van der Waals surface area contributed by atoms with Crippen LogP contribution in [0.1, 0.15) is 44.6 Å². The molecule has 0 N–H and O–H groups in total. The number of rotatable bonds is 8. The van der Waals surface area contributed by atoms with Gasteiger partial charge >= 0.3 is 0 Å². The minimum atomic E-state index is 0.634. The summed E-state index contributed by atoms with van der Waals surface area (Å²) in [7, 11) is 0. The fourth-order valence-electron chi connectivity index (χ4n) is 2.05. The molecule has 2 heteroatoms. The lowest BCUT2D eigenvalue weighted by Crippen LogP contribution is -2.06. The molecule has 96 valence electrons. The average molecular weight is 318 g/mol. The number of alkyl halides is 1. The monoisotopic (exact) mass is 316 g/mol. The van der Waals surface area contributed by atoms with E-state index in [0.717, 1.165) is 16.8 Å². The SMILES string of the molecule is CCCCCCC(CCl)Cc1ccc(Br)cc1. The van der Waals surface area contributed by atoms with Gasteiger partial charge in [-0.05, 0) is 36.5 Å². The predicted molar refractivity (Wildman–Crippen MR) is 80.8 cm³/mol. The van der Waals surface area contributed by atoms with Crippen molar-refractivity contribution < 1.29 is 0 Å². The lowest BCUT2D eigenvalue weighted by Gasteiger charge is -2.13. The van der Waals surface area contributed by atoms with Gasteiger partial charge in [0.2, 0.25) is 0 Å². The van der Waals surface area contributed by atoms with Crippen molar-refractivity contribution in [2.24, 2.45) is 5.92 Å². The molecule has 0 heterocycles. The van der Waals surface area contributed by atoms with Crippen molar-refractivity contribution in [2.45, 2.75) is 45.4 Å². The lowest BCUT2D eigenvalue weighted by atomic mass is 9.95. The molecule has 0 aliphatic rings. The molecule has 1 rings (SSSR count). The number of hydrogen-bond donors (Lipinski definition) is 0. The zero-order valence-electron chi connectivity index (χ0n) is 10.6. The molecule has 1 unspecified atom stereocenters. The van der Waals surface area contributed by atoms with Crippen molar-refractivity contribution in [3.8, 4) is 0 Å². The van der Waals surface area contributed by atoms with Gasteiger partial charge in [-0.2, -0.15) is 0 Å². The molecule has 17 heavy (non-hydrogen) atoms. The standard InChI is InChI=1S/C15H22BrCl/c1-2-3-4-5-6-14(12-17)11-13-7-9-15(16)10-8-13/h7-10,14H,2-6,11-12H2,1H3. The summed E-state index contributed by atoms with van der Waals surface area (Å²) in [6, 6.07) is 8.60. The summed E-state index contributed by atoms with van der Waals surface area (Å²) < 4.78 is 1.15. The molecule has 0 bridgehead atoms. The number of halogens is 2. The van der Waals surface area contributed by atoms with E-state index < -0.39 is 0 Å². The third-order valence-corrected chi connectivity index (χ3v) is 4.09. The molecule has 0 aliphatic carbocycles. The number of hydrogen-bond acceptors (Lipinski definition) is 0. The van der Waals surface area contributed by atoms with E-state index in [1.807, 2.05) is 0 Å². The maximum absolute atomic E-state index is 6.05. The summed E-state index contributed by atoms with van der Waals surface area (Å²) >= 11 is 9.51. The average Bonchev–Trinajstić information content (AvgIpc) is 2.35. The molecule has 0 radical (unpaired) electrons. The Kier molecular flexibility index (Phi) is 7.96. The molecule has 0 aromatic heterocycles. The van der Waals surface area contributed by atoms with Crippen LogP contribution in [0.4, 0.5) is 0 Å². The van der Waals surface area contributed by atoms with Crippen molar-refractivity contribution >= 4 is 27.5 Å². The van der Waals surface area contributed by atoms with Gasteiger partial charge in [-0.15, -0.1) is 11.6 Å². The van der Waals surface area contributed by atoms with Crippen molar-refractivity contribution in [3.05, 3.63) is 34.3 Å². The summed E-state index contributed by atoms with van der Waals surface area (Å²) in [6.45, 7) is 2.25. The largest absolute Gasteiger partial charge is 0.126 e. The molecule has 0 nitrogen and oxygen atoms in total. The van der Waals surface area contributed by atoms with Crippen molar-refractivity contribution in [3.63, 3.8) is 0 Å². The van der Waals surface area contributed by atoms with E-state index in [0.29, 0.717) is 5.92 Å². The highest BCUT2D eigenvalue weighted by Crippen LogP contribution is 2.19. The van der Waals surface area contributed by atoms with Crippen LogP contribution in [0, 0.1) is 5.92 Å². The zero-order chi connectivity index (χ0) is 12.5. The Morgan fingerprint density at radius 2 is 1.82 bits per heavy atom. The van der Waals surface area contributed by atoms with E-state index >= 15 is 0 Å². The maximum atomic E-state index is 6.05. The van der Waals surface area contributed by atoms with Crippen LogP contribution in [-0.2, 0) is 6.42 Å². The van der Waals surface area contributed by atoms with Crippen LogP contribution in [0.2, 0.25) is 0 Å². The van der Waals surface area contributed by atoms with Crippen LogP contribution in [0.5, 0.6) is 0 Å². The summed E-state index contributed by atoms with van der Waals surface area (Å²) in [5.74, 6) is 1.41. The van der Waals surface area contributed by atoms with Gasteiger partial charge in [-0.25, -0.2) is 0 Å². The van der Waals surface area contributed by atoms with E-state index in [-0.39, 0.29) is 0 Å². The van der Waals surface area contributed by atoms with Crippen LogP contribution >= 0.6 is 27.5 Å². The van der Waals surface area contributed by atoms with E-state index in [2.05, 4.69) is 47.1 Å². The molecule has 1 atom stereocenters. The molecule has 0 amide bonds. The van der Waals surface area contributed by atoms with Crippen LogP contribution < -0.4 is 0 Å². The lowest BCUT2D eigenvalue weighted by molar-refractivity contribution is 0.492. The highest BCUT2D eigenvalue weighted by molar-refractivity contribution is 9.10. The Hall–Kier alpha value is -0.0100. The van der Waals surface area contributed by atoms with Gasteiger partial charge in [0.25, 0.3) is 0 Å². The van der Waals surface area contributed by atoms with E-state index in [4.69, 9.17) is 11.6 Å². The fraction of sp³-hybridized carbons (Fsp3) is 0.600. The minimum Gasteiger partial charge on any atom is -0.126 e. The van der Waals surface area contributed by atoms with Gasteiger partial charge in [0.1, 0.15) is 0 Å². The molecule has 0 fully saturated rings. The molecule has 1 aromatic rings. The van der Waals surface area contributed by atoms with Crippen LogP contribution in [0.3, 0.4) is 0 Å². The molecule has 0 saturated heterocycles. The van der Waals surface area contributed by atoms with Crippen LogP contribution in [0.15, 0.2) is 28.7 Å². The van der Waals surface area contributed by atoms with Gasteiger partial charge in [0, 0.05) is 10.4 Å². The second-order valence-electron chi connectivity index (χ2n) is 4.70. The zero-order valence-corrected chi connectivity index (χ0v) is 12.9. The molecule has 0 aliphatic heterocycles. The third kappa shape index (κ3) is 6.47. The highest BCUT2D eigenvalue weighted by Gasteiger charge is 2.08. The van der Waals surface area contributed by atoms with E-state index in [1.54, 1.807) is 0 Å². The number of benzene rings is 1. The maximum Gasteiger partial charge on any atom is 0.0254 e. The van der Waals surface area contributed by atoms with Gasteiger partial charge in [-0.3, -0.25) is 0 Å². The van der Waals surface area contributed by atoms with Crippen LogP contribution in [0.25, 0.3) is 0 Å². The summed E-state index contributed by atoms with van der Waals surface area (Å²) in [4.78, 5) is 0. The van der Waals surface area contributed by atoms with Crippen molar-refractivity contribution in [1.82, 2.24) is 0 Å². The second-order valence-corrected chi connectivity index (χ2v) is 5.92. The molecule has 0 spiro atoms. The summed E-state index contributed by atoms with van der Waals surface area (Å²) in [5.41, 5.74) is 1.40. The Morgan fingerprint density at radius 3 is 2.41 bits per heavy atom. The first kappa shape index (κ1) is 15.0. The Morgan fingerprint density at radius 1 is 1.12 bits per heavy atom. The Labute approximate surface area is 119 Å². The normalized spacial score (nSPS) is 12.6. The quantitative estimate of drug-likeness (QED) is 0.419. The van der Waals surface area contributed by atoms with E-state index in [1.165, 1.54) is 37.7 Å². The van der Waals surface area contributed by atoms with Gasteiger partial charge in [-0.1, -0.05) is 60.7 Å². The number of unbranched alkanes of at least 4 members (excludes halogenated alkanes) is 3. The topological polar surface area (TPSA) is 0 Å². The van der Waals surface area contributed by atoms with Gasteiger partial charge in [0.05, 0.1) is 0 Å². The minimum absolute atomic E-state index is 0.634. The summed E-state index contributed by atoms with van der Waals surface area (Å²) in [6.07, 6.45) is 7.71. The smallest absolute Gasteiger partial charge is 0.0254 e. The Balaban J connectivity index is 2.33. The van der Waals surface area contributed by atoms with Gasteiger partial charge < -0.3 is 0 Å². The molecule has 0 saturated carbocycles. The first-order chi connectivity index (χ1) is 8.26. The highest BCUT2D eigenvalue weighted by atomic mass is 79.9. The van der Waals surface area contributed by atoms with Gasteiger partial charge in [0.15, 0.2) is 0 Å².